The molecule has 150 valence electrons. The lowest BCUT2D eigenvalue weighted by Crippen LogP contribution is -2.27. The number of carbonyl (C=O) groups is 2. The van der Waals surface area contributed by atoms with Gasteiger partial charge in [0.25, 0.3) is 0 Å². The molecule has 0 unspecified atom stereocenters. The number of hydrogen-bond donors (Lipinski definition) is 1. The molecule has 0 aliphatic heterocycles. The van der Waals surface area contributed by atoms with Crippen molar-refractivity contribution >= 4 is 11.7 Å². The number of ketones is 1. The summed E-state index contributed by atoms with van der Waals surface area (Å²) in [5, 5.41) is 2.95. The van der Waals surface area contributed by atoms with Gasteiger partial charge in [-0.3, -0.25) is 9.59 Å². The van der Waals surface area contributed by atoms with Crippen LogP contribution in [0.4, 0.5) is 0 Å². The average Bonchev–Trinajstić information content (AvgIpc) is 2.70. The number of benzene rings is 2. The van der Waals surface area contributed by atoms with Gasteiger partial charge < -0.3 is 14.8 Å². The van der Waals surface area contributed by atoms with Crippen LogP contribution in [0.25, 0.3) is 0 Å². The molecule has 0 fully saturated rings. The van der Waals surface area contributed by atoms with Crippen molar-refractivity contribution in [2.24, 2.45) is 0 Å². The third-order valence-electron chi connectivity index (χ3n) is 4.46. The van der Waals surface area contributed by atoms with E-state index in [4.69, 9.17) is 9.47 Å². The van der Waals surface area contributed by atoms with Crippen molar-refractivity contribution in [2.45, 2.75) is 46.1 Å². The second-order valence-corrected chi connectivity index (χ2v) is 6.83. The van der Waals surface area contributed by atoms with E-state index in [9.17, 15) is 9.59 Å². The molecule has 1 N–H and O–H groups in total. The van der Waals surface area contributed by atoms with Gasteiger partial charge in [0, 0.05) is 24.0 Å². The minimum Gasteiger partial charge on any atom is -0.496 e. The number of nitrogens with one attached hydrogen (secondary N) is 1. The Balaban J connectivity index is 1.88. The van der Waals surface area contributed by atoms with Crippen LogP contribution in [0.2, 0.25) is 0 Å². The van der Waals surface area contributed by atoms with Crippen LogP contribution in [0, 0.1) is 6.92 Å². The van der Waals surface area contributed by atoms with Gasteiger partial charge in [0.1, 0.15) is 11.5 Å². The maximum absolute atomic E-state index is 12.3. The molecule has 2 aromatic rings. The number of methoxy groups -OCH3 is 1. The fraction of sp³-hybridized carbons (Fsp3) is 0.391. The smallest absolute Gasteiger partial charge is 0.220 e. The van der Waals surface area contributed by atoms with Gasteiger partial charge in [-0.05, 0) is 50.6 Å². The van der Waals surface area contributed by atoms with E-state index >= 15 is 0 Å². The van der Waals surface area contributed by atoms with Crippen LogP contribution in [0.3, 0.4) is 0 Å². The van der Waals surface area contributed by atoms with Crippen molar-refractivity contribution in [1.82, 2.24) is 5.32 Å². The number of carbonyl (C=O) groups excluding carboxylic acids is 2. The highest BCUT2D eigenvalue weighted by atomic mass is 16.5. The predicted octanol–water partition coefficient (Wildman–Crippen LogP) is 4.63. The van der Waals surface area contributed by atoms with Crippen LogP contribution < -0.4 is 14.8 Å². The summed E-state index contributed by atoms with van der Waals surface area (Å²) in [6.45, 7) is 6.59. The predicted molar refractivity (Wildman–Crippen MR) is 110 cm³/mol. The van der Waals surface area contributed by atoms with Gasteiger partial charge in [-0.25, -0.2) is 0 Å². The molecule has 0 aliphatic carbocycles. The minimum atomic E-state index is -0.201. The molecule has 1 amide bonds. The number of hydrogen-bond acceptors (Lipinski definition) is 4. The van der Waals surface area contributed by atoms with Crippen molar-refractivity contribution in [3.63, 3.8) is 0 Å². The maximum Gasteiger partial charge on any atom is 0.220 e. The molecular weight excluding hydrogens is 354 g/mol. The van der Waals surface area contributed by atoms with Gasteiger partial charge in [0.2, 0.25) is 5.91 Å². The number of rotatable bonds is 10. The summed E-state index contributed by atoms with van der Waals surface area (Å²) in [6.07, 6.45) is 1.24. The zero-order valence-corrected chi connectivity index (χ0v) is 17.1. The SMILES string of the molecule is CCCOc1ccc(C(=O)CCC(=O)N[C@@H](C)c2cc(C)ccc2OC)cc1. The van der Waals surface area contributed by atoms with Crippen LogP contribution in [-0.4, -0.2) is 25.4 Å². The average molecular weight is 383 g/mol. The van der Waals surface area contributed by atoms with E-state index in [1.54, 1.807) is 31.4 Å². The highest BCUT2D eigenvalue weighted by Gasteiger charge is 2.16. The first-order chi connectivity index (χ1) is 13.4. The van der Waals surface area contributed by atoms with Crippen LogP contribution in [0.1, 0.15) is 60.6 Å². The molecular formula is C23H29NO4. The largest absolute Gasteiger partial charge is 0.496 e. The van der Waals surface area contributed by atoms with E-state index in [1.165, 1.54) is 0 Å². The number of amides is 1. The Hall–Kier alpha value is -2.82. The van der Waals surface area contributed by atoms with Gasteiger partial charge >= 0.3 is 0 Å². The monoisotopic (exact) mass is 383 g/mol. The standard InChI is InChI=1S/C23H29NO4/c1-5-14-28-19-9-7-18(8-10-19)21(25)11-13-23(26)24-17(3)20-15-16(2)6-12-22(20)27-4/h6-10,12,15,17H,5,11,13-14H2,1-4H3,(H,24,26)/t17-/m0/s1. The number of aryl methyl sites for hydroxylation is 1. The van der Waals surface area contributed by atoms with E-state index in [0.29, 0.717) is 12.2 Å². The van der Waals surface area contributed by atoms with Crippen molar-refractivity contribution in [2.75, 3.05) is 13.7 Å². The summed E-state index contributed by atoms with van der Waals surface area (Å²) in [7, 11) is 1.61. The molecule has 5 heteroatoms. The summed E-state index contributed by atoms with van der Waals surface area (Å²) in [5.41, 5.74) is 2.60. The van der Waals surface area contributed by atoms with Crippen LogP contribution in [0.5, 0.6) is 11.5 Å². The lowest BCUT2D eigenvalue weighted by molar-refractivity contribution is -0.121. The first kappa shape index (κ1) is 21.5. The first-order valence-corrected chi connectivity index (χ1v) is 9.64. The highest BCUT2D eigenvalue weighted by molar-refractivity contribution is 5.98. The molecule has 1 atom stereocenters. The third kappa shape index (κ3) is 6.12. The zero-order valence-electron chi connectivity index (χ0n) is 17.1. The summed E-state index contributed by atoms with van der Waals surface area (Å²) in [4.78, 5) is 24.6. The maximum atomic E-state index is 12.3. The van der Waals surface area contributed by atoms with Crippen LogP contribution in [0.15, 0.2) is 42.5 Å². The molecule has 0 radical (unpaired) electrons. The number of ether oxygens (including phenoxy) is 2. The fourth-order valence-corrected chi connectivity index (χ4v) is 2.91. The Labute approximate surface area is 167 Å². The van der Waals surface area contributed by atoms with Gasteiger partial charge in [-0.2, -0.15) is 0 Å². The topological polar surface area (TPSA) is 64.6 Å². The molecule has 0 aliphatic rings. The molecule has 0 bridgehead atoms. The summed E-state index contributed by atoms with van der Waals surface area (Å²) < 4.78 is 10.9. The third-order valence-corrected chi connectivity index (χ3v) is 4.46. The Kier molecular flexibility index (Phi) is 8.05. The van der Waals surface area contributed by atoms with Crippen LogP contribution in [-0.2, 0) is 4.79 Å². The second kappa shape index (κ2) is 10.5. The Morgan fingerprint density at radius 2 is 1.79 bits per heavy atom. The van der Waals surface area contributed by atoms with Gasteiger partial charge in [0.15, 0.2) is 5.78 Å². The molecule has 0 saturated carbocycles. The molecule has 2 rings (SSSR count). The first-order valence-electron chi connectivity index (χ1n) is 9.64. The number of Topliss-reactive ketones (excluding diaryl/α,β-unsaturated/α-hetero) is 1. The quantitative estimate of drug-likeness (QED) is 0.608. The Bertz CT molecular complexity index is 799. The van der Waals surface area contributed by atoms with Crippen molar-refractivity contribution < 1.29 is 19.1 Å². The molecule has 2 aromatic carbocycles. The molecule has 0 heterocycles. The fourth-order valence-electron chi connectivity index (χ4n) is 2.91. The van der Waals surface area contributed by atoms with E-state index in [2.05, 4.69) is 5.32 Å². The van der Waals surface area contributed by atoms with Crippen molar-refractivity contribution in [3.8, 4) is 11.5 Å². The Morgan fingerprint density at radius 1 is 1.07 bits per heavy atom. The van der Waals surface area contributed by atoms with Crippen LogP contribution >= 0.6 is 0 Å². The Morgan fingerprint density at radius 3 is 2.43 bits per heavy atom. The highest BCUT2D eigenvalue weighted by Crippen LogP contribution is 2.26. The van der Waals surface area contributed by atoms with E-state index in [-0.39, 0.29) is 30.6 Å². The summed E-state index contributed by atoms with van der Waals surface area (Å²) in [5.74, 6) is 1.27. The second-order valence-electron chi connectivity index (χ2n) is 6.83. The molecule has 0 aromatic heterocycles. The molecule has 28 heavy (non-hydrogen) atoms. The van der Waals surface area contributed by atoms with Gasteiger partial charge in [-0.15, -0.1) is 0 Å². The normalized spacial score (nSPS) is 11.6. The van der Waals surface area contributed by atoms with Gasteiger partial charge in [0.05, 0.1) is 19.8 Å². The van der Waals surface area contributed by atoms with Crippen molar-refractivity contribution in [1.29, 1.82) is 0 Å². The zero-order chi connectivity index (χ0) is 20.5. The lowest BCUT2D eigenvalue weighted by Gasteiger charge is -2.18. The minimum absolute atomic E-state index is 0.0574. The molecule has 0 spiro atoms. The van der Waals surface area contributed by atoms with E-state index in [1.807, 2.05) is 39.0 Å². The lowest BCUT2D eigenvalue weighted by atomic mass is 10.0. The van der Waals surface area contributed by atoms with E-state index in [0.717, 1.165) is 29.0 Å². The van der Waals surface area contributed by atoms with E-state index < -0.39 is 0 Å². The molecule has 0 saturated heterocycles. The molecule has 5 nitrogen and oxygen atoms in total. The van der Waals surface area contributed by atoms with Gasteiger partial charge in [-0.1, -0.05) is 24.6 Å². The summed E-state index contributed by atoms with van der Waals surface area (Å²) >= 11 is 0. The van der Waals surface area contributed by atoms with Crippen molar-refractivity contribution in [3.05, 3.63) is 59.2 Å². The summed E-state index contributed by atoms with van der Waals surface area (Å²) in [6, 6.07) is 12.7.